The highest BCUT2D eigenvalue weighted by molar-refractivity contribution is 5.86. The number of nitrogens with one attached hydrogen (secondary N) is 1. The number of fused-ring (bicyclic) bond motifs is 1. The number of nitrogens with zero attached hydrogens (tertiary/aromatic N) is 2. The van der Waals surface area contributed by atoms with E-state index in [-0.39, 0.29) is 18.4 Å². The first-order valence-electron chi connectivity index (χ1n) is 12.8. The van der Waals surface area contributed by atoms with Crippen LogP contribution in [0, 0.1) is 28.6 Å². The fourth-order valence-electron chi connectivity index (χ4n) is 8.94. The highest BCUT2D eigenvalue weighted by atomic mass is 16.2. The molecule has 0 bridgehead atoms. The fourth-order valence-corrected chi connectivity index (χ4v) is 8.94. The Kier molecular flexibility index (Phi) is 4.28. The lowest BCUT2D eigenvalue weighted by Crippen LogP contribution is -2.85. The van der Waals surface area contributed by atoms with E-state index >= 15 is 0 Å². The first-order valence-corrected chi connectivity index (χ1v) is 12.8. The minimum atomic E-state index is 0.0620. The SMILES string of the molecule is O=C(CC12CC3CC4CC(C1)C432)NCC(=O)N1CCN(Cc2cccc3ccccc23)CC1. The van der Waals surface area contributed by atoms with Gasteiger partial charge in [-0.25, -0.2) is 0 Å². The Morgan fingerprint density at radius 2 is 1.64 bits per heavy atom. The molecule has 1 spiro atoms. The van der Waals surface area contributed by atoms with Gasteiger partial charge in [0.1, 0.15) is 0 Å². The Labute approximate surface area is 195 Å². The molecular weight excluding hydrogens is 410 g/mol. The molecule has 1 saturated heterocycles. The maximum Gasteiger partial charge on any atom is 0.242 e. The summed E-state index contributed by atoms with van der Waals surface area (Å²) in [4.78, 5) is 29.8. The average molecular weight is 444 g/mol. The van der Waals surface area contributed by atoms with Gasteiger partial charge in [-0.1, -0.05) is 42.5 Å². The van der Waals surface area contributed by atoms with Crippen LogP contribution in [0.2, 0.25) is 0 Å². The molecule has 1 aliphatic heterocycles. The molecule has 0 aromatic heterocycles. The zero-order valence-corrected chi connectivity index (χ0v) is 19.3. The molecule has 33 heavy (non-hydrogen) atoms. The first kappa shape index (κ1) is 20.0. The van der Waals surface area contributed by atoms with E-state index in [2.05, 4.69) is 52.7 Å². The summed E-state index contributed by atoms with van der Waals surface area (Å²) in [5, 5.41) is 5.56. The van der Waals surface area contributed by atoms with E-state index in [4.69, 9.17) is 0 Å². The third-order valence-corrected chi connectivity index (χ3v) is 10.3. The molecular formula is C28H33N3O2. The van der Waals surface area contributed by atoms with Crippen molar-refractivity contribution < 1.29 is 9.59 Å². The number of amides is 2. The molecule has 1 N–H and O–H groups in total. The number of piperazine rings is 1. The van der Waals surface area contributed by atoms with Gasteiger partial charge in [0.05, 0.1) is 6.54 Å². The predicted molar refractivity (Wildman–Crippen MR) is 127 cm³/mol. The van der Waals surface area contributed by atoms with Crippen molar-refractivity contribution in [2.75, 3.05) is 32.7 Å². The number of hydrogen-bond donors (Lipinski definition) is 1. The second kappa shape index (κ2) is 7.05. The fraction of sp³-hybridized carbons (Fsp3) is 0.571. The molecule has 5 nitrogen and oxygen atoms in total. The molecule has 5 heteroatoms. The molecule has 7 rings (SSSR count). The minimum absolute atomic E-state index is 0.0620. The number of benzene rings is 2. The molecule has 0 radical (unpaired) electrons. The van der Waals surface area contributed by atoms with Gasteiger partial charge in [0.25, 0.3) is 0 Å². The Hall–Kier alpha value is -2.40. The van der Waals surface area contributed by atoms with Crippen molar-refractivity contribution in [2.24, 2.45) is 28.6 Å². The second-order valence-electron chi connectivity index (χ2n) is 11.4. The van der Waals surface area contributed by atoms with E-state index in [0.717, 1.165) is 50.5 Å². The largest absolute Gasteiger partial charge is 0.347 e. The van der Waals surface area contributed by atoms with Crippen molar-refractivity contribution in [2.45, 2.75) is 38.6 Å². The molecule has 1 heterocycles. The van der Waals surface area contributed by atoms with E-state index in [9.17, 15) is 9.59 Å². The monoisotopic (exact) mass is 443 g/mol. The normalized spacial score (nSPS) is 35.9. The van der Waals surface area contributed by atoms with Gasteiger partial charge in [0, 0.05) is 39.1 Å². The number of carbonyl (C=O) groups excluding carboxylic acids is 2. The molecule has 5 aliphatic rings. The lowest BCUT2D eigenvalue weighted by Gasteiger charge is -2.91. The molecule has 2 aromatic carbocycles. The second-order valence-corrected chi connectivity index (χ2v) is 11.4. The van der Waals surface area contributed by atoms with Crippen LogP contribution in [0.1, 0.15) is 37.7 Å². The van der Waals surface area contributed by atoms with Crippen molar-refractivity contribution >= 4 is 22.6 Å². The van der Waals surface area contributed by atoms with Gasteiger partial charge in [0.2, 0.25) is 11.8 Å². The average Bonchev–Trinajstić information content (AvgIpc) is 2.78. The van der Waals surface area contributed by atoms with Crippen LogP contribution in [0.25, 0.3) is 10.8 Å². The summed E-state index contributed by atoms with van der Waals surface area (Å²) in [6.45, 7) is 4.28. The summed E-state index contributed by atoms with van der Waals surface area (Å²) in [7, 11) is 0. The van der Waals surface area contributed by atoms with Crippen LogP contribution >= 0.6 is 0 Å². The number of carbonyl (C=O) groups is 2. The predicted octanol–water partition coefficient (Wildman–Crippen LogP) is 3.43. The van der Waals surface area contributed by atoms with Crippen LogP contribution in [0.5, 0.6) is 0 Å². The molecule has 2 amide bonds. The highest BCUT2D eigenvalue weighted by Crippen LogP contribution is 2.93. The van der Waals surface area contributed by atoms with E-state index in [1.807, 2.05) is 4.90 Å². The molecule has 5 fully saturated rings. The lowest BCUT2D eigenvalue weighted by atomic mass is 9.13. The minimum Gasteiger partial charge on any atom is -0.347 e. The molecule has 2 unspecified atom stereocenters. The number of rotatable bonds is 6. The van der Waals surface area contributed by atoms with Crippen LogP contribution in [0.15, 0.2) is 42.5 Å². The van der Waals surface area contributed by atoms with Crippen LogP contribution in [-0.4, -0.2) is 54.3 Å². The van der Waals surface area contributed by atoms with Crippen molar-refractivity contribution in [3.63, 3.8) is 0 Å². The molecule has 2 atom stereocenters. The van der Waals surface area contributed by atoms with E-state index in [1.165, 1.54) is 42.0 Å². The Balaban J connectivity index is 0.888. The molecule has 172 valence electrons. The quantitative estimate of drug-likeness (QED) is 0.744. The zero-order chi connectivity index (χ0) is 22.2. The van der Waals surface area contributed by atoms with Gasteiger partial charge in [-0.05, 0) is 70.6 Å². The van der Waals surface area contributed by atoms with Gasteiger partial charge in [0.15, 0.2) is 0 Å². The van der Waals surface area contributed by atoms with Crippen molar-refractivity contribution in [3.8, 4) is 0 Å². The topological polar surface area (TPSA) is 52.7 Å². The zero-order valence-electron chi connectivity index (χ0n) is 19.3. The van der Waals surface area contributed by atoms with Gasteiger partial charge >= 0.3 is 0 Å². The van der Waals surface area contributed by atoms with E-state index < -0.39 is 0 Å². The Morgan fingerprint density at radius 3 is 2.36 bits per heavy atom. The standard InChI is InChI=1S/C28H33N3O2/c32-25(16-27-14-22-12-21-13-23(15-27)28(21,22)27)29-17-26(33)31-10-8-30(9-11-31)18-20-6-3-5-19-4-1-2-7-24(19)20/h1-7,21-23H,8-18H2,(H,29,32). The van der Waals surface area contributed by atoms with Crippen LogP contribution in [-0.2, 0) is 16.1 Å². The third kappa shape index (κ3) is 2.69. The van der Waals surface area contributed by atoms with Gasteiger partial charge in [-0.15, -0.1) is 0 Å². The lowest BCUT2D eigenvalue weighted by molar-refractivity contribution is -0.430. The summed E-state index contributed by atoms with van der Waals surface area (Å²) in [5.41, 5.74) is 2.23. The smallest absolute Gasteiger partial charge is 0.242 e. The Morgan fingerprint density at radius 1 is 0.909 bits per heavy atom. The Bertz CT molecular complexity index is 1100. The van der Waals surface area contributed by atoms with Crippen LogP contribution in [0.4, 0.5) is 0 Å². The van der Waals surface area contributed by atoms with Crippen molar-refractivity contribution in [1.29, 1.82) is 0 Å². The van der Waals surface area contributed by atoms with Crippen LogP contribution < -0.4 is 5.32 Å². The maximum atomic E-state index is 12.7. The van der Waals surface area contributed by atoms with E-state index in [1.54, 1.807) is 0 Å². The first-order chi connectivity index (χ1) is 16.1. The molecule has 4 aliphatic carbocycles. The maximum absolute atomic E-state index is 12.7. The summed E-state index contributed by atoms with van der Waals surface area (Å²) < 4.78 is 0. The highest BCUT2D eigenvalue weighted by Gasteiger charge is 2.87. The van der Waals surface area contributed by atoms with Crippen molar-refractivity contribution in [1.82, 2.24) is 15.1 Å². The third-order valence-electron chi connectivity index (χ3n) is 10.3. The number of hydrogen-bond acceptors (Lipinski definition) is 3. The van der Waals surface area contributed by atoms with Crippen molar-refractivity contribution in [3.05, 3.63) is 48.0 Å². The van der Waals surface area contributed by atoms with Gasteiger partial charge in [-0.2, -0.15) is 0 Å². The molecule has 4 saturated carbocycles. The summed E-state index contributed by atoms with van der Waals surface area (Å²) in [5.74, 6) is 2.94. The summed E-state index contributed by atoms with van der Waals surface area (Å²) in [6, 6.07) is 15.0. The van der Waals surface area contributed by atoms with Gasteiger partial charge < -0.3 is 10.2 Å². The summed E-state index contributed by atoms with van der Waals surface area (Å²) in [6.07, 6.45) is 6.03. The molecule has 2 aromatic rings. The van der Waals surface area contributed by atoms with Gasteiger partial charge in [-0.3, -0.25) is 14.5 Å². The summed E-state index contributed by atoms with van der Waals surface area (Å²) >= 11 is 0. The van der Waals surface area contributed by atoms with E-state index in [0.29, 0.717) is 17.3 Å². The van der Waals surface area contributed by atoms with Crippen LogP contribution in [0.3, 0.4) is 0 Å².